The Morgan fingerprint density at radius 3 is 2.54 bits per heavy atom. The summed E-state index contributed by atoms with van der Waals surface area (Å²) in [5.74, 6) is 3.61. The van der Waals surface area contributed by atoms with Crippen molar-refractivity contribution >= 4 is 11.8 Å². The van der Waals surface area contributed by atoms with Crippen molar-refractivity contribution in [3.8, 4) is 29.4 Å². The summed E-state index contributed by atoms with van der Waals surface area (Å²) in [7, 11) is 0. The van der Waals surface area contributed by atoms with Crippen LogP contribution in [0.1, 0.15) is 5.56 Å². The summed E-state index contributed by atoms with van der Waals surface area (Å²) in [5.41, 5.74) is 2.64. The van der Waals surface area contributed by atoms with Crippen molar-refractivity contribution in [3.05, 3.63) is 76.7 Å². The van der Waals surface area contributed by atoms with Crippen LogP contribution >= 0.6 is 11.8 Å². The topological polar surface area (TPSA) is 34.9 Å². The zero-order valence-electron chi connectivity index (χ0n) is 13.3. The molecule has 1 aromatic heterocycles. The van der Waals surface area contributed by atoms with E-state index in [9.17, 15) is 4.79 Å². The Balaban J connectivity index is 2.28. The van der Waals surface area contributed by atoms with Crippen LogP contribution in [0, 0.1) is 19.3 Å². The molecule has 0 aliphatic rings. The lowest BCUT2D eigenvalue weighted by Crippen LogP contribution is -2.23. The first-order valence-electron chi connectivity index (χ1n) is 7.52. The highest BCUT2D eigenvalue weighted by Crippen LogP contribution is 2.23. The molecule has 118 valence electrons. The van der Waals surface area contributed by atoms with Crippen LogP contribution in [0.2, 0.25) is 0 Å². The van der Waals surface area contributed by atoms with Gasteiger partial charge in [-0.2, -0.15) is 0 Å². The van der Waals surface area contributed by atoms with Crippen molar-refractivity contribution < 1.29 is 0 Å². The van der Waals surface area contributed by atoms with Gasteiger partial charge in [-0.05, 0) is 18.6 Å². The number of nitrogens with zero attached hydrogens (tertiary/aromatic N) is 2. The SMILES string of the molecule is C#CCSc1cnc(-c2ccccc2)n(-c2ccccc2C)c1=O. The third-order valence-corrected chi connectivity index (χ3v) is 4.53. The number of hydrogen-bond acceptors (Lipinski definition) is 3. The van der Waals surface area contributed by atoms with Gasteiger partial charge in [-0.25, -0.2) is 4.98 Å². The van der Waals surface area contributed by atoms with Gasteiger partial charge in [-0.1, -0.05) is 54.5 Å². The molecule has 0 amide bonds. The monoisotopic (exact) mass is 332 g/mol. The summed E-state index contributed by atoms with van der Waals surface area (Å²) in [6, 6.07) is 17.5. The smallest absolute Gasteiger partial charge is 0.268 e. The van der Waals surface area contributed by atoms with E-state index in [2.05, 4.69) is 10.9 Å². The molecule has 4 heteroatoms. The van der Waals surface area contributed by atoms with Crippen LogP contribution in [0.15, 0.2) is 70.5 Å². The Labute approximate surface area is 145 Å². The van der Waals surface area contributed by atoms with Crippen molar-refractivity contribution in [1.29, 1.82) is 0 Å². The molecule has 0 fully saturated rings. The highest BCUT2D eigenvalue weighted by molar-refractivity contribution is 7.99. The van der Waals surface area contributed by atoms with E-state index in [1.807, 2.05) is 61.5 Å². The average Bonchev–Trinajstić information content (AvgIpc) is 2.62. The molecule has 0 aliphatic heterocycles. The maximum absolute atomic E-state index is 13.1. The second-order valence-electron chi connectivity index (χ2n) is 5.23. The molecule has 0 aliphatic carbocycles. The second-order valence-corrected chi connectivity index (χ2v) is 6.25. The van der Waals surface area contributed by atoms with Crippen molar-refractivity contribution in [2.24, 2.45) is 0 Å². The number of aromatic nitrogens is 2. The van der Waals surface area contributed by atoms with Gasteiger partial charge < -0.3 is 0 Å². The lowest BCUT2D eigenvalue weighted by Gasteiger charge is -2.15. The molecule has 3 nitrogen and oxygen atoms in total. The van der Waals surface area contributed by atoms with Gasteiger partial charge in [0.1, 0.15) is 5.82 Å². The average molecular weight is 332 g/mol. The number of para-hydroxylation sites is 1. The first-order chi connectivity index (χ1) is 11.7. The molecule has 0 spiro atoms. The molecule has 0 atom stereocenters. The van der Waals surface area contributed by atoms with Gasteiger partial charge in [-0.15, -0.1) is 18.2 Å². The maximum atomic E-state index is 13.1. The van der Waals surface area contributed by atoms with Crippen LogP contribution in [0.4, 0.5) is 0 Å². The van der Waals surface area contributed by atoms with Gasteiger partial charge in [0.2, 0.25) is 0 Å². The normalized spacial score (nSPS) is 10.3. The van der Waals surface area contributed by atoms with Crippen LogP contribution in [0.3, 0.4) is 0 Å². The fraction of sp³-hybridized carbons (Fsp3) is 0.100. The van der Waals surface area contributed by atoms with E-state index in [0.717, 1.165) is 16.8 Å². The molecule has 0 saturated heterocycles. The molecule has 2 aromatic carbocycles. The highest BCUT2D eigenvalue weighted by Gasteiger charge is 2.15. The largest absolute Gasteiger partial charge is 0.272 e. The Morgan fingerprint density at radius 1 is 1.12 bits per heavy atom. The zero-order valence-corrected chi connectivity index (χ0v) is 14.1. The fourth-order valence-electron chi connectivity index (χ4n) is 2.49. The van der Waals surface area contributed by atoms with Crippen molar-refractivity contribution in [3.63, 3.8) is 0 Å². The predicted octanol–water partition coefficient (Wildman–Crippen LogP) is 3.93. The van der Waals surface area contributed by atoms with Gasteiger partial charge in [0.25, 0.3) is 5.56 Å². The molecule has 0 bridgehead atoms. The summed E-state index contributed by atoms with van der Waals surface area (Å²) in [5, 5.41) is 0. The van der Waals surface area contributed by atoms with Gasteiger partial charge in [0.15, 0.2) is 0 Å². The molecule has 1 heterocycles. The number of hydrogen-bond donors (Lipinski definition) is 0. The summed E-state index contributed by atoms with van der Waals surface area (Å²) in [6.07, 6.45) is 6.93. The molecule has 0 unspecified atom stereocenters. The third-order valence-electron chi connectivity index (χ3n) is 3.63. The van der Waals surface area contributed by atoms with E-state index in [1.54, 1.807) is 10.8 Å². The number of rotatable bonds is 4. The molecular formula is C20H16N2OS. The predicted molar refractivity (Wildman–Crippen MR) is 99.6 cm³/mol. The Kier molecular flexibility index (Phi) is 4.83. The van der Waals surface area contributed by atoms with Crippen molar-refractivity contribution in [2.75, 3.05) is 5.75 Å². The summed E-state index contributed by atoms with van der Waals surface area (Å²) >= 11 is 1.33. The fourth-order valence-corrected chi connectivity index (χ4v) is 3.07. The van der Waals surface area contributed by atoms with Crippen LogP contribution in [0.5, 0.6) is 0 Å². The minimum absolute atomic E-state index is 0.0987. The minimum Gasteiger partial charge on any atom is -0.268 e. The van der Waals surface area contributed by atoms with E-state index in [-0.39, 0.29) is 5.56 Å². The van der Waals surface area contributed by atoms with E-state index in [4.69, 9.17) is 6.42 Å². The number of terminal acetylenes is 1. The maximum Gasteiger partial charge on any atom is 0.272 e. The van der Waals surface area contributed by atoms with Crippen LogP contribution in [0.25, 0.3) is 17.1 Å². The molecule has 3 aromatic rings. The van der Waals surface area contributed by atoms with Crippen molar-refractivity contribution in [1.82, 2.24) is 9.55 Å². The minimum atomic E-state index is -0.0987. The van der Waals surface area contributed by atoms with Crippen molar-refractivity contribution in [2.45, 2.75) is 11.8 Å². The molecule has 0 saturated carbocycles. The number of thioether (sulfide) groups is 1. The van der Waals surface area contributed by atoms with Gasteiger partial charge in [0.05, 0.1) is 16.3 Å². The molecule has 0 radical (unpaired) electrons. The Morgan fingerprint density at radius 2 is 1.83 bits per heavy atom. The van der Waals surface area contributed by atoms with Crippen LogP contribution < -0.4 is 5.56 Å². The van der Waals surface area contributed by atoms with Gasteiger partial charge in [-0.3, -0.25) is 9.36 Å². The standard InChI is InChI=1S/C20H16N2OS/c1-3-13-24-18-14-21-19(16-10-5-4-6-11-16)22(20(18)23)17-12-8-7-9-15(17)2/h1,4-12,14H,13H2,2H3. The van der Waals surface area contributed by atoms with Gasteiger partial charge >= 0.3 is 0 Å². The third kappa shape index (κ3) is 3.12. The first-order valence-corrected chi connectivity index (χ1v) is 8.50. The first kappa shape index (κ1) is 16.1. The van der Waals surface area contributed by atoms with E-state index < -0.39 is 0 Å². The van der Waals surface area contributed by atoms with E-state index in [0.29, 0.717) is 16.5 Å². The summed E-state index contributed by atoms with van der Waals surface area (Å²) in [6.45, 7) is 1.98. The molecule has 24 heavy (non-hydrogen) atoms. The Hall–Kier alpha value is -2.77. The van der Waals surface area contributed by atoms with Crippen LogP contribution in [-0.4, -0.2) is 15.3 Å². The quantitative estimate of drug-likeness (QED) is 0.536. The summed E-state index contributed by atoms with van der Waals surface area (Å²) in [4.78, 5) is 18.2. The lowest BCUT2D eigenvalue weighted by atomic mass is 10.1. The van der Waals surface area contributed by atoms with Gasteiger partial charge in [0, 0.05) is 11.8 Å². The molecule has 0 N–H and O–H groups in total. The van der Waals surface area contributed by atoms with E-state index >= 15 is 0 Å². The number of aryl methyl sites for hydroxylation is 1. The van der Waals surface area contributed by atoms with Crippen LogP contribution in [-0.2, 0) is 0 Å². The molecular weight excluding hydrogens is 316 g/mol. The lowest BCUT2D eigenvalue weighted by molar-refractivity contribution is 0.897. The summed E-state index contributed by atoms with van der Waals surface area (Å²) < 4.78 is 1.67. The number of benzene rings is 2. The second kappa shape index (κ2) is 7.20. The molecule has 3 rings (SSSR count). The van der Waals surface area contributed by atoms with E-state index in [1.165, 1.54) is 11.8 Å². The Bertz CT molecular complexity index is 955. The highest BCUT2D eigenvalue weighted by atomic mass is 32.2. The zero-order chi connectivity index (χ0) is 16.9.